The second kappa shape index (κ2) is 11.3. The van der Waals surface area contributed by atoms with Gasteiger partial charge in [0.05, 0.1) is 13.3 Å². The first kappa shape index (κ1) is 23.3. The average Bonchev–Trinajstić information content (AvgIpc) is 2.81. The van der Waals surface area contributed by atoms with Crippen LogP contribution in [0.2, 0.25) is 0 Å². The van der Waals surface area contributed by atoms with E-state index in [1.54, 1.807) is 24.3 Å². The Bertz CT molecular complexity index is 1150. The number of rotatable bonds is 8. The molecule has 0 aromatic heterocycles. The molecule has 0 saturated heterocycles. The number of carbonyl (C=O) groups is 2. The zero-order valence-electron chi connectivity index (χ0n) is 18.1. The first-order valence-corrected chi connectivity index (χ1v) is 9.97. The lowest BCUT2D eigenvalue weighted by molar-refractivity contribution is -0.118. The summed E-state index contributed by atoms with van der Waals surface area (Å²) in [5.41, 5.74) is 4.90. The minimum Gasteiger partial charge on any atom is -0.493 e. The summed E-state index contributed by atoms with van der Waals surface area (Å²) >= 11 is 0. The summed E-state index contributed by atoms with van der Waals surface area (Å²) in [6.45, 7) is 1.56. The molecule has 33 heavy (non-hydrogen) atoms. The number of urea groups is 1. The van der Waals surface area contributed by atoms with Crippen molar-refractivity contribution in [2.45, 2.75) is 6.92 Å². The van der Waals surface area contributed by atoms with Gasteiger partial charge in [-0.05, 0) is 55.0 Å². The number of para-hydroxylation sites is 2. The number of amides is 3. The molecule has 8 nitrogen and oxygen atoms in total. The molecule has 3 aromatic carbocycles. The minimum absolute atomic E-state index is 0.277. The summed E-state index contributed by atoms with van der Waals surface area (Å²) < 4.78 is 24.0. The predicted octanol–water partition coefficient (Wildman–Crippen LogP) is 4.32. The number of benzene rings is 3. The van der Waals surface area contributed by atoms with Crippen LogP contribution in [-0.2, 0) is 4.79 Å². The van der Waals surface area contributed by atoms with Crippen molar-refractivity contribution in [2.75, 3.05) is 24.4 Å². The molecule has 0 spiro atoms. The summed E-state index contributed by atoms with van der Waals surface area (Å²) in [5.74, 6) is -0.174. The van der Waals surface area contributed by atoms with E-state index >= 15 is 0 Å². The molecule has 3 amide bonds. The van der Waals surface area contributed by atoms with E-state index in [4.69, 9.17) is 9.47 Å². The number of hydrazone groups is 1. The van der Waals surface area contributed by atoms with Crippen molar-refractivity contribution in [3.8, 4) is 11.5 Å². The summed E-state index contributed by atoms with van der Waals surface area (Å²) in [7, 11) is 1.47. The van der Waals surface area contributed by atoms with Crippen LogP contribution in [0.1, 0.15) is 11.1 Å². The molecule has 0 fully saturated rings. The van der Waals surface area contributed by atoms with E-state index in [2.05, 4.69) is 21.2 Å². The van der Waals surface area contributed by atoms with Crippen LogP contribution in [-0.4, -0.2) is 31.9 Å². The molecule has 0 aliphatic heterocycles. The fourth-order valence-electron chi connectivity index (χ4n) is 2.84. The summed E-state index contributed by atoms with van der Waals surface area (Å²) in [5, 5.41) is 9.26. The van der Waals surface area contributed by atoms with Crippen molar-refractivity contribution in [3.05, 3.63) is 83.7 Å². The Kier molecular flexibility index (Phi) is 7.96. The molecule has 0 atom stereocenters. The van der Waals surface area contributed by atoms with Crippen molar-refractivity contribution < 1.29 is 23.5 Å². The maximum atomic E-state index is 13.0. The maximum absolute atomic E-state index is 13.0. The number of hydrogen-bond acceptors (Lipinski definition) is 5. The Morgan fingerprint density at radius 2 is 1.76 bits per heavy atom. The van der Waals surface area contributed by atoms with Crippen molar-refractivity contribution >= 4 is 29.5 Å². The Morgan fingerprint density at radius 3 is 2.48 bits per heavy atom. The van der Waals surface area contributed by atoms with Gasteiger partial charge in [-0.15, -0.1) is 0 Å². The Labute approximate surface area is 190 Å². The SMILES string of the molecule is COc1cccc(C=NNC(=O)Nc2ccccc2C)c1OCC(=O)Nc1ccc(F)cc1. The summed E-state index contributed by atoms with van der Waals surface area (Å²) in [4.78, 5) is 24.3. The monoisotopic (exact) mass is 450 g/mol. The average molecular weight is 450 g/mol. The number of nitrogens with one attached hydrogen (secondary N) is 3. The van der Waals surface area contributed by atoms with Gasteiger partial charge in [-0.2, -0.15) is 5.10 Å². The molecule has 0 bridgehead atoms. The van der Waals surface area contributed by atoms with Gasteiger partial charge < -0.3 is 20.1 Å². The molecule has 0 aliphatic rings. The number of halogens is 1. The first-order valence-electron chi connectivity index (χ1n) is 9.97. The molecule has 3 N–H and O–H groups in total. The third kappa shape index (κ3) is 6.79. The number of methoxy groups -OCH3 is 1. The molecule has 0 radical (unpaired) electrons. The molecule has 3 aromatic rings. The fraction of sp³-hybridized carbons (Fsp3) is 0.125. The molecule has 0 unspecified atom stereocenters. The van der Waals surface area contributed by atoms with Crippen LogP contribution in [0.25, 0.3) is 0 Å². The molecular weight excluding hydrogens is 427 g/mol. The van der Waals surface area contributed by atoms with Gasteiger partial charge in [0, 0.05) is 16.9 Å². The highest BCUT2D eigenvalue weighted by atomic mass is 19.1. The van der Waals surface area contributed by atoms with E-state index in [1.165, 1.54) is 37.6 Å². The van der Waals surface area contributed by atoms with Crippen LogP contribution in [0.3, 0.4) is 0 Å². The largest absolute Gasteiger partial charge is 0.493 e. The lowest BCUT2D eigenvalue weighted by Gasteiger charge is -2.13. The van der Waals surface area contributed by atoms with E-state index in [0.29, 0.717) is 22.7 Å². The second-order valence-electron chi connectivity index (χ2n) is 6.86. The van der Waals surface area contributed by atoms with Crippen molar-refractivity contribution in [2.24, 2.45) is 5.10 Å². The molecular formula is C24H23FN4O4. The lowest BCUT2D eigenvalue weighted by atomic mass is 10.2. The predicted molar refractivity (Wildman–Crippen MR) is 124 cm³/mol. The van der Waals surface area contributed by atoms with Gasteiger partial charge in [-0.1, -0.05) is 24.3 Å². The third-order valence-electron chi connectivity index (χ3n) is 4.47. The van der Waals surface area contributed by atoms with Gasteiger partial charge in [-0.25, -0.2) is 14.6 Å². The van der Waals surface area contributed by atoms with Gasteiger partial charge in [0.15, 0.2) is 18.1 Å². The Hall–Kier alpha value is -4.40. The fourth-order valence-corrected chi connectivity index (χ4v) is 2.84. The van der Waals surface area contributed by atoms with Gasteiger partial charge >= 0.3 is 6.03 Å². The summed E-state index contributed by atoms with van der Waals surface area (Å²) in [6.07, 6.45) is 1.38. The van der Waals surface area contributed by atoms with E-state index < -0.39 is 17.8 Å². The van der Waals surface area contributed by atoms with Crippen molar-refractivity contribution in [1.29, 1.82) is 0 Å². The van der Waals surface area contributed by atoms with Crippen molar-refractivity contribution in [1.82, 2.24) is 5.43 Å². The lowest BCUT2D eigenvalue weighted by Crippen LogP contribution is -2.24. The highest BCUT2D eigenvalue weighted by Gasteiger charge is 2.12. The number of ether oxygens (including phenoxy) is 2. The smallest absolute Gasteiger partial charge is 0.339 e. The van der Waals surface area contributed by atoms with E-state index in [-0.39, 0.29) is 12.4 Å². The molecule has 3 rings (SSSR count). The van der Waals surface area contributed by atoms with Crippen LogP contribution < -0.4 is 25.5 Å². The number of nitrogens with zero attached hydrogens (tertiary/aromatic N) is 1. The quantitative estimate of drug-likeness (QED) is 0.352. The van der Waals surface area contributed by atoms with Gasteiger partial charge in [-0.3, -0.25) is 4.79 Å². The normalized spacial score (nSPS) is 10.5. The number of aryl methyl sites for hydroxylation is 1. The van der Waals surface area contributed by atoms with Crippen LogP contribution in [0.5, 0.6) is 11.5 Å². The molecule has 0 aliphatic carbocycles. The van der Waals surface area contributed by atoms with Gasteiger partial charge in [0.1, 0.15) is 5.82 Å². The standard InChI is InChI=1S/C24H23FN4O4/c1-16-6-3-4-8-20(16)28-24(31)29-26-14-17-7-5-9-21(32-2)23(17)33-15-22(30)27-19-12-10-18(25)11-13-19/h3-14H,15H2,1-2H3,(H,27,30)(H2,28,29,31). The number of anilines is 2. The molecule has 9 heteroatoms. The molecule has 170 valence electrons. The van der Waals surface area contributed by atoms with E-state index in [1.807, 2.05) is 25.1 Å². The molecule has 0 heterocycles. The summed E-state index contributed by atoms with van der Waals surface area (Å²) in [6, 6.07) is 17.3. The van der Waals surface area contributed by atoms with Crippen LogP contribution >= 0.6 is 0 Å². The second-order valence-corrected chi connectivity index (χ2v) is 6.86. The number of hydrogen-bond donors (Lipinski definition) is 3. The van der Waals surface area contributed by atoms with Crippen LogP contribution in [0.15, 0.2) is 71.8 Å². The topological polar surface area (TPSA) is 101 Å². The van der Waals surface area contributed by atoms with E-state index in [9.17, 15) is 14.0 Å². The van der Waals surface area contributed by atoms with Gasteiger partial charge in [0.25, 0.3) is 5.91 Å². The third-order valence-corrected chi connectivity index (χ3v) is 4.47. The minimum atomic E-state index is -0.510. The van der Waals surface area contributed by atoms with Crippen molar-refractivity contribution in [3.63, 3.8) is 0 Å². The van der Waals surface area contributed by atoms with Crippen LogP contribution in [0, 0.1) is 12.7 Å². The maximum Gasteiger partial charge on any atom is 0.339 e. The Morgan fingerprint density at radius 1 is 1.00 bits per heavy atom. The first-order chi connectivity index (χ1) is 16.0. The number of carbonyl (C=O) groups excluding carboxylic acids is 2. The zero-order valence-corrected chi connectivity index (χ0v) is 18.1. The van der Waals surface area contributed by atoms with E-state index in [0.717, 1.165) is 5.56 Å². The molecule has 0 saturated carbocycles. The zero-order chi connectivity index (χ0) is 23.6. The highest BCUT2D eigenvalue weighted by Crippen LogP contribution is 2.30. The van der Waals surface area contributed by atoms with Gasteiger partial charge in [0.2, 0.25) is 0 Å². The van der Waals surface area contributed by atoms with Crippen LogP contribution in [0.4, 0.5) is 20.6 Å². The highest BCUT2D eigenvalue weighted by molar-refractivity contribution is 5.93. The Balaban J connectivity index is 1.62.